The van der Waals surface area contributed by atoms with Crippen LogP contribution in [0, 0.1) is 0 Å². The largest absolute Gasteiger partial charge is 0.317 e. The molecule has 0 radical (unpaired) electrons. The lowest BCUT2D eigenvalue weighted by molar-refractivity contribution is 0.316. The zero-order chi connectivity index (χ0) is 14.6. The molecular formula is C17H29ClN2. The number of unbranched alkanes of at least 4 members (excludes halogenated alkanes) is 3. The van der Waals surface area contributed by atoms with Crippen LogP contribution in [0.25, 0.3) is 0 Å². The molecule has 114 valence electrons. The highest BCUT2D eigenvalue weighted by atomic mass is 35.5. The predicted molar refractivity (Wildman–Crippen MR) is 89.4 cm³/mol. The van der Waals surface area contributed by atoms with Crippen LogP contribution >= 0.6 is 11.6 Å². The molecule has 0 atom stereocenters. The highest BCUT2D eigenvalue weighted by Crippen LogP contribution is 2.16. The van der Waals surface area contributed by atoms with Gasteiger partial charge in [-0.1, -0.05) is 49.6 Å². The van der Waals surface area contributed by atoms with Gasteiger partial charge in [-0.2, -0.15) is 0 Å². The Kier molecular flexibility index (Phi) is 9.73. The summed E-state index contributed by atoms with van der Waals surface area (Å²) < 4.78 is 0. The molecule has 1 N–H and O–H groups in total. The topological polar surface area (TPSA) is 15.3 Å². The normalized spacial score (nSPS) is 11.2. The first-order valence-corrected chi connectivity index (χ1v) is 8.24. The van der Waals surface area contributed by atoms with E-state index in [4.69, 9.17) is 11.6 Å². The summed E-state index contributed by atoms with van der Waals surface area (Å²) >= 11 is 6.18. The van der Waals surface area contributed by atoms with Crippen molar-refractivity contribution in [2.24, 2.45) is 0 Å². The molecule has 0 aliphatic heterocycles. The first-order valence-electron chi connectivity index (χ1n) is 7.86. The zero-order valence-corrected chi connectivity index (χ0v) is 13.8. The second-order valence-corrected chi connectivity index (χ2v) is 5.90. The smallest absolute Gasteiger partial charge is 0.0451 e. The Morgan fingerprint density at radius 1 is 1.05 bits per heavy atom. The monoisotopic (exact) mass is 296 g/mol. The van der Waals surface area contributed by atoms with Crippen LogP contribution in [-0.2, 0) is 6.54 Å². The molecule has 0 bridgehead atoms. The minimum Gasteiger partial charge on any atom is -0.317 e. The van der Waals surface area contributed by atoms with Gasteiger partial charge in [0.2, 0.25) is 0 Å². The van der Waals surface area contributed by atoms with Crippen LogP contribution in [0.3, 0.4) is 0 Å². The average molecular weight is 297 g/mol. The zero-order valence-electron chi connectivity index (χ0n) is 13.0. The van der Waals surface area contributed by atoms with Crippen LogP contribution in [0.1, 0.15) is 44.6 Å². The van der Waals surface area contributed by atoms with Crippen molar-refractivity contribution in [1.29, 1.82) is 0 Å². The summed E-state index contributed by atoms with van der Waals surface area (Å²) in [5, 5.41) is 4.32. The fourth-order valence-corrected chi connectivity index (χ4v) is 2.48. The summed E-state index contributed by atoms with van der Waals surface area (Å²) in [6.07, 6.45) is 6.45. The van der Waals surface area contributed by atoms with Crippen molar-refractivity contribution in [1.82, 2.24) is 10.2 Å². The quantitative estimate of drug-likeness (QED) is 0.611. The summed E-state index contributed by atoms with van der Waals surface area (Å²) in [5.41, 5.74) is 1.22. The summed E-state index contributed by atoms with van der Waals surface area (Å²) in [5.74, 6) is 0. The lowest BCUT2D eigenvalue weighted by atomic mass is 10.1. The molecule has 0 spiro atoms. The molecule has 0 heterocycles. The fourth-order valence-electron chi connectivity index (χ4n) is 2.28. The third kappa shape index (κ3) is 7.88. The number of halogens is 1. The van der Waals surface area contributed by atoms with E-state index in [1.807, 2.05) is 12.1 Å². The minimum atomic E-state index is 0.876. The summed E-state index contributed by atoms with van der Waals surface area (Å²) in [6.45, 7) is 6.62. The standard InChI is InChI=1S/C17H29ClN2/c1-3-12-19-13-8-4-5-9-14-20(2)15-16-10-6-7-11-17(16)18/h6-7,10-11,19H,3-5,8-9,12-15H2,1-2H3. The Morgan fingerprint density at radius 2 is 1.80 bits per heavy atom. The van der Waals surface area contributed by atoms with Crippen molar-refractivity contribution in [3.05, 3.63) is 34.9 Å². The summed E-state index contributed by atoms with van der Waals surface area (Å²) in [4.78, 5) is 2.36. The first kappa shape index (κ1) is 17.5. The second kappa shape index (κ2) is 11.1. The van der Waals surface area contributed by atoms with E-state index in [1.165, 1.54) is 44.2 Å². The Bertz CT molecular complexity index is 355. The van der Waals surface area contributed by atoms with Gasteiger partial charge in [0.15, 0.2) is 0 Å². The molecule has 0 saturated carbocycles. The molecule has 1 rings (SSSR count). The molecular weight excluding hydrogens is 268 g/mol. The third-order valence-corrected chi connectivity index (χ3v) is 3.84. The summed E-state index contributed by atoms with van der Waals surface area (Å²) in [6, 6.07) is 8.11. The van der Waals surface area contributed by atoms with Crippen LogP contribution in [0.4, 0.5) is 0 Å². The molecule has 0 unspecified atom stereocenters. The third-order valence-electron chi connectivity index (χ3n) is 3.47. The van der Waals surface area contributed by atoms with E-state index in [9.17, 15) is 0 Å². The lowest BCUT2D eigenvalue weighted by Gasteiger charge is -2.17. The van der Waals surface area contributed by atoms with E-state index in [1.54, 1.807) is 0 Å². The van der Waals surface area contributed by atoms with Gasteiger partial charge < -0.3 is 10.2 Å². The molecule has 1 aromatic carbocycles. The van der Waals surface area contributed by atoms with E-state index in [0.29, 0.717) is 0 Å². The predicted octanol–water partition coefficient (Wildman–Crippen LogP) is 4.33. The highest BCUT2D eigenvalue weighted by molar-refractivity contribution is 6.31. The van der Waals surface area contributed by atoms with Gasteiger partial charge in [0.1, 0.15) is 0 Å². The van der Waals surface area contributed by atoms with Gasteiger partial charge >= 0.3 is 0 Å². The van der Waals surface area contributed by atoms with Crippen LogP contribution in [0.2, 0.25) is 5.02 Å². The number of hydrogen-bond acceptors (Lipinski definition) is 2. The fraction of sp³-hybridized carbons (Fsp3) is 0.647. The maximum absolute atomic E-state index is 6.18. The van der Waals surface area contributed by atoms with Gasteiger partial charge in [0.05, 0.1) is 0 Å². The van der Waals surface area contributed by atoms with Crippen molar-refractivity contribution >= 4 is 11.6 Å². The SMILES string of the molecule is CCCNCCCCCCN(C)Cc1ccccc1Cl. The molecule has 0 aliphatic rings. The van der Waals surface area contributed by atoms with Gasteiger partial charge in [0.25, 0.3) is 0 Å². The molecule has 0 fully saturated rings. The number of hydrogen-bond donors (Lipinski definition) is 1. The van der Waals surface area contributed by atoms with Crippen molar-refractivity contribution in [2.75, 3.05) is 26.7 Å². The van der Waals surface area contributed by atoms with Crippen molar-refractivity contribution in [2.45, 2.75) is 45.6 Å². The Labute approximate surface area is 129 Å². The lowest BCUT2D eigenvalue weighted by Crippen LogP contribution is -2.19. The van der Waals surface area contributed by atoms with E-state index >= 15 is 0 Å². The van der Waals surface area contributed by atoms with E-state index < -0.39 is 0 Å². The van der Waals surface area contributed by atoms with Gasteiger partial charge in [-0.25, -0.2) is 0 Å². The Morgan fingerprint density at radius 3 is 2.55 bits per heavy atom. The van der Waals surface area contributed by atoms with Crippen molar-refractivity contribution in [3.8, 4) is 0 Å². The number of benzene rings is 1. The molecule has 2 nitrogen and oxygen atoms in total. The van der Waals surface area contributed by atoms with Crippen LogP contribution in [0.5, 0.6) is 0 Å². The van der Waals surface area contributed by atoms with Gasteiger partial charge in [-0.15, -0.1) is 0 Å². The maximum atomic E-state index is 6.18. The maximum Gasteiger partial charge on any atom is 0.0451 e. The number of nitrogens with zero attached hydrogens (tertiary/aromatic N) is 1. The van der Waals surface area contributed by atoms with Crippen LogP contribution in [-0.4, -0.2) is 31.6 Å². The van der Waals surface area contributed by atoms with Gasteiger partial charge in [0, 0.05) is 11.6 Å². The van der Waals surface area contributed by atoms with E-state index in [2.05, 4.69) is 36.3 Å². The van der Waals surface area contributed by atoms with Crippen LogP contribution in [0.15, 0.2) is 24.3 Å². The van der Waals surface area contributed by atoms with Gasteiger partial charge in [-0.05, 0) is 57.6 Å². The van der Waals surface area contributed by atoms with Crippen molar-refractivity contribution < 1.29 is 0 Å². The molecule has 0 aromatic heterocycles. The first-order chi connectivity index (χ1) is 9.74. The molecule has 3 heteroatoms. The number of rotatable bonds is 11. The molecule has 0 aliphatic carbocycles. The molecule has 0 saturated heterocycles. The van der Waals surface area contributed by atoms with Crippen molar-refractivity contribution in [3.63, 3.8) is 0 Å². The number of nitrogens with one attached hydrogen (secondary N) is 1. The Balaban J connectivity index is 2.03. The van der Waals surface area contributed by atoms with E-state index in [0.717, 1.165) is 24.7 Å². The molecule has 0 amide bonds. The van der Waals surface area contributed by atoms with Gasteiger partial charge in [-0.3, -0.25) is 0 Å². The highest BCUT2D eigenvalue weighted by Gasteiger charge is 2.03. The minimum absolute atomic E-state index is 0.876. The summed E-state index contributed by atoms with van der Waals surface area (Å²) in [7, 11) is 2.17. The average Bonchev–Trinajstić information content (AvgIpc) is 2.44. The second-order valence-electron chi connectivity index (χ2n) is 5.49. The molecule has 1 aromatic rings. The molecule has 20 heavy (non-hydrogen) atoms. The Hall–Kier alpha value is -0.570. The van der Waals surface area contributed by atoms with Crippen LogP contribution < -0.4 is 5.32 Å². The van der Waals surface area contributed by atoms with E-state index in [-0.39, 0.29) is 0 Å².